The minimum atomic E-state index is -1.67. The van der Waals surface area contributed by atoms with Gasteiger partial charge in [0.2, 0.25) is 0 Å². The minimum absolute atomic E-state index is 0.193. The molecule has 2 atom stereocenters. The maximum atomic E-state index is 10.5. The van der Waals surface area contributed by atoms with Gasteiger partial charge in [0.05, 0.1) is 14.2 Å². The average Bonchev–Trinajstić information content (AvgIpc) is 2.58. The Kier molecular flexibility index (Phi) is 9.19. The summed E-state index contributed by atoms with van der Waals surface area (Å²) in [5, 5.41) is 12.2. The monoisotopic (exact) mass is 406 g/mol. The third-order valence-corrected chi connectivity index (χ3v) is 13.8. The molecule has 27 heavy (non-hydrogen) atoms. The van der Waals surface area contributed by atoms with Crippen LogP contribution in [0.5, 0.6) is 0 Å². The van der Waals surface area contributed by atoms with E-state index in [-0.39, 0.29) is 17.1 Å². The standard InChI is InChI=1S/C23H42O2Si2/c1-20(14-13-19-26(5,6)21-15-10-9-11-16-21)22(24)17-12-18-25-27(7,8)23(2,3)4/h9-11,13-16,20,22,24H,12,17-19H2,1-8H3/b14-13+. The zero-order valence-corrected chi connectivity index (χ0v) is 20.9. The number of hydrogen-bond acceptors (Lipinski definition) is 2. The number of rotatable bonds is 10. The fourth-order valence-corrected chi connectivity index (χ4v) is 5.96. The predicted octanol–water partition coefficient (Wildman–Crippen LogP) is 5.96. The van der Waals surface area contributed by atoms with Crippen molar-refractivity contribution in [3.63, 3.8) is 0 Å². The van der Waals surface area contributed by atoms with E-state index in [4.69, 9.17) is 4.43 Å². The van der Waals surface area contributed by atoms with Crippen LogP contribution in [0.1, 0.15) is 40.5 Å². The lowest BCUT2D eigenvalue weighted by Gasteiger charge is -2.36. The van der Waals surface area contributed by atoms with Gasteiger partial charge in [0.15, 0.2) is 8.32 Å². The molecule has 0 aliphatic heterocycles. The lowest BCUT2D eigenvalue weighted by molar-refractivity contribution is 0.118. The molecule has 1 aromatic carbocycles. The van der Waals surface area contributed by atoms with Crippen LogP contribution < -0.4 is 5.19 Å². The van der Waals surface area contributed by atoms with Crippen LogP contribution in [0, 0.1) is 5.92 Å². The molecular weight excluding hydrogens is 364 g/mol. The topological polar surface area (TPSA) is 29.5 Å². The van der Waals surface area contributed by atoms with E-state index in [1.807, 2.05) is 0 Å². The zero-order chi connectivity index (χ0) is 20.7. The van der Waals surface area contributed by atoms with Crippen molar-refractivity contribution >= 4 is 21.6 Å². The van der Waals surface area contributed by atoms with Crippen molar-refractivity contribution in [3.05, 3.63) is 42.5 Å². The van der Waals surface area contributed by atoms with Crippen molar-refractivity contribution in [1.82, 2.24) is 0 Å². The van der Waals surface area contributed by atoms with E-state index in [1.54, 1.807) is 0 Å². The second kappa shape index (κ2) is 10.2. The molecular formula is C23H42O2Si2. The van der Waals surface area contributed by atoms with Gasteiger partial charge in [-0.05, 0) is 42.9 Å². The Morgan fingerprint density at radius 3 is 2.22 bits per heavy atom. The highest BCUT2D eigenvalue weighted by Gasteiger charge is 2.36. The van der Waals surface area contributed by atoms with Gasteiger partial charge in [0.25, 0.3) is 0 Å². The molecule has 0 bridgehead atoms. The number of hydrogen-bond donors (Lipinski definition) is 1. The van der Waals surface area contributed by atoms with E-state index in [0.717, 1.165) is 25.5 Å². The van der Waals surface area contributed by atoms with Crippen molar-refractivity contribution in [1.29, 1.82) is 0 Å². The summed E-state index contributed by atoms with van der Waals surface area (Å²) >= 11 is 0. The summed E-state index contributed by atoms with van der Waals surface area (Å²) in [6.07, 6.45) is 5.94. The maximum Gasteiger partial charge on any atom is 0.191 e. The summed E-state index contributed by atoms with van der Waals surface area (Å²) < 4.78 is 6.21. The van der Waals surface area contributed by atoms with Gasteiger partial charge in [-0.25, -0.2) is 0 Å². The molecule has 4 heteroatoms. The van der Waals surface area contributed by atoms with Crippen molar-refractivity contribution in [3.8, 4) is 0 Å². The van der Waals surface area contributed by atoms with Gasteiger partial charge in [0, 0.05) is 6.61 Å². The van der Waals surface area contributed by atoms with E-state index < -0.39 is 16.4 Å². The lowest BCUT2D eigenvalue weighted by Crippen LogP contribution is -2.41. The molecule has 2 unspecified atom stereocenters. The Labute approximate surface area is 170 Å². The Hall–Kier alpha value is -0.686. The third-order valence-electron chi connectivity index (χ3n) is 6.14. The average molecular weight is 407 g/mol. The van der Waals surface area contributed by atoms with Gasteiger partial charge in [-0.15, -0.1) is 0 Å². The van der Waals surface area contributed by atoms with Crippen LogP contribution in [-0.4, -0.2) is 34.2 Å². The molecule has 0 radical (unpaired) electrons. The SMILES string of the molecule is CC(/C=C/C[Si](C)(C)c1ccccc1)C(O)CCCO[Si](C)(C)C(C)(C)C. The molecule has 0 aliphatic carbocycles. The molecule has 0 saturated heterocycles. The molecule has 0 aromatic heterocycles. The molecule has 0 heterocycles. The lowest BCUT2D eigenvalue weighted by atomic mass is 10.0. The van der Waals surface area contributed by atoms with Crippen molar-refractivity contribution in [2.45, 2.75) is 83.9 Å². The first-order chi connectivity index (χ1) is 12.4. The molecule has 0 saturated carbocycles. The van der Waals surface area contributed by atoms with Crippen LogP contribution in [0.2, 0.25) is 37.3 Å². The molecule has 0 aliphatic rings. The van der Waals surface area contributed by atoms with Gasteiger partial charge < -0.3 is 9.53 Å². The summed E-state index contributed by atoms with van der Waals surface area (Å²) in [6.45, 7) is 19.1. The van der Waals surface area contributed by atoms with Crippen LogP contribution in [0.4, 0.5) is 0 Å². The van der Waals surface area contributed by atoms with Crippen molar-refractivity contribution in [2.75, 3.05) is 6.61 Å². The Bertz CT molecular complexity index is 574. The summed E-state index contributed by atoms with van der Waals surface area (Å²) in [4.78, 5) is 0. The smallest absolute Gasteiger partial charge is 0.191 e. The summed E-state index contributed by atoms with van der Waals surface area (Å²) in [5.41, 5.74) is 0. The van der Waals surface area contributed by atoms with Crippen molar-refractivity contribution in [2.24, 2.45) is 5.92 Å². The number of benzene rings is 1. The molecule has 1 rings (SSSR count). The van der Waals surface area contributed by atoms with E-state index in [9.17, 15) is 5.11 Å². The number of aliphatic hydroxyl groups is 1. The Morgan fingerprint density at radius 1 is 1.07 bits per heavy atom. The highest BCUT2D eigenvalue weighted by atomic mass is 28.4. The largest absolute Gasteiger partial charge is 0.417 e. The summed E-state index contributed by atoms with van der Waals surface area (Å²) in [7, 11) is -3.10. The quantitative estimate of drug-likeness (QED) is 0.295. The van der Waals surface area contributed by atoms with Gasteiger partial charge in [0.1, 0.15) is 0 Å². The first-order valence-corrected chi connectivity index (χ1v) is 16.5. The molecule has 0 spiro atoms. The van der Waals surface area contributed by atoms with E-state index >= 15 is 0 Å². The first kappa shape index (κ1) is 24.4. The van der Waals surface area contributed by atoms with E-state index in [2.05, 4.69) is 96.4 Å². The van der Waals surface area contributed by atoms with Gasteiger partial charge in [-0.3, -0.25) is 0 Å². The van der Waals surface area contributed by atoms with Crippen LogP contribution in [-0.2, 0) is 4.43 Å². The van der Waals surface area contributed by atoms with E-state index in [1.165, 1.54) is 5.19 Å². The maximum absolute atomic E-state index is 10.5. The van der Waals surface area contributed by atoms with Gasteiger partial charge >= 0.3 is 0 Å². The van der Waals surface area contributed by atoms with Crippen LogP contribution in [0.3, 0.4) is 0 Å². The second-order valence-corrected chi connectivity index (χ2v) is 19.6. The minimum Gasteiger partial charge on any atom is -0.417 e. The van der Waals surface area contributed by atoms with Crippen LogP contribution in [0.25, 0.3) is 0 Å². The fourth-order valence-electron chi connectivity index (χ4n) is 2.81. The normalized spacial score (nSPS) is 15.9. The molecule has 1 N–H and O–H groups in total. The second-order valence-electron chi connectivity index (χ2n) is 10.1. The molecule has 1 aromatic rings. The molecule has 0 amide bonds. The third kappa shape index (κ3) is 8.06. The van der Waals surface area contributed by atoms with E-state index in [0.29, 0.717) is 0 Å². The zero-order valence-electron chi connectivity index (χ0n) is 18.9. The molecule has 154 valence electrons. The van der Waals surface area contributed by atoms with Gasteiger partial charge in [-0.2, -0.15) is 0 Å². The highest BCUT2D eigenvalue weighted by Crippen LogP contribution is 2.36. The predicted molar refractivity (Wildman–Crippen MR) is 125 cm³/mol. The van der Waals surface area contributed by atoms with Crippen molar-refractivity contribution < 1.29 is 9.53 Å². The summed E-state index contributed by atoms with van der Waals surface area (Å²) in [6, 6.07) is 12.0. The fraction of sp³-hybridized carbons (Fsp3) is 0.652. The highest BCUT2D eigenvalue weighted by molar-refractivity contribution is 6.90. The van der Waals surface area contributed by atoms with Gasteiger partial charge in [-0.1, -0.05) is 88.5 Å². The number of allylic oxidation sites excluding steroid dienone is 1. The number of aliphatic hydroxyl groups excluding tert-OH is 1. The molecule has 0 fully saturated rings. The Morgan fingerprint density at radius 2 is 1.67 bits per heavy atom. The van der Waals surface area contributed by atoms with Crippen LogP contribution >= 0.6 is 0 Å². The first-order valence-electron chi connectivity index (χ1n) is 10.4. The Balaban J connectivity index is 2.39. The van der Waals surface area contributed by atoms with Crippen LogP contribution in [0.15, 0.2) is 42.5 Å². The molecule has 2 nitrogen and oxygen atoms in total. The summed E-state index contributed by atoms with van der Waals surface area (Å²) in [5.74, 6) is 0.193.